The van der Waals surface area contributed by atoms with Gasteiger partial charge in [0.05, 0.1) is 9.85 Å². The maximum Gasteiger partial charge on any atom is 0.331 e. The van der Waals surface area contributed by atoms with Crippen LogP contribution in [0.25, 0.3) is 6.08 Å². The van der Waals surface area contributed by atoms with Crippen molar-refractivity contribution in [1.82, 2.24) is 0 Å². The second kappa shape index (κ2) is 7.63. The van der Waals surface area contributed by atoms with Gasteiger partial charge in [0.2, 0.25) is 0 Å². The van der Waals surface area contributed by atoms with Crippen molar-refractivity contribution >= 4 is 23.4 Å². The molecule has 0 aromatic heterocycles. The average molecular weight is 328 g/mol. The number of benzene rings is 2. The molecular formula is C16H12N2O6. The molecule has 0 aliphatic rings. The maximum atomic E-state index is 11.6. The van der Waals surface area contributed by atoms with Crippen LogP contribution in [0.3, 0.4) is 0 Å². The van der Waals surface area contributed by atoms with E-state index in [0.29, 0.717) is 11.1 Å². The van der Waals surface area contributed by atoms with E-state index in [1.165, 1.54) is 54.6 Å². The number of hydrogen-bond donors (Lipinski definition) is 0. The largest absolute Gasteiger partial charge is 0.458 e. The van der Waals surface area contributed by atoms with Gasteiger partial charge in [0.15, 0.2) is 0 Å². The fourth-order valence-electron chi connectivity index (χ4n) is 1.83. The Balaban J connectivity index is 1.92. The van der Waals surface area contributed by atoms with E-state index in [1.807, 2.05) is 0 Å². The SMILES string of the molecule is O=C(/C=C/c1ccc([N+](=O)[O-])cc1)OCc1cccc([N+](=O)[O-])c1. The van der Waals surface area contributed by atoms with Gasteiger partial charge in [0.25, 0.3) is 11.4 Å². The normalized spacial score (nSPS) is 10.5. The van der Waals surface area contributed by atoms with Gasteiger partial charge in [-0.05, 0) is 29.3 Å². The van der Waals surface area contributed by atoms with Gasteiger partial charge >= 0.3 is 5.97 Å². The van der Waals surface area contributed by atoms with E-state index in [2.05, 4.69) is 0 Å². The molecule has 0 bridgehead atoms. The van der Waals surface area contributed by atoms with Gasteiger partial charge in [-0.3, -0.25) is 20.2 Å². The van der Waals surface area contributed by atoms with Crippen LogP contribution in [0.5, 0.6) is 0 Å². The summed E-state index contributed by atoms with van der Waals surface area (Å²) in [6, 6.07) is 11.5. The second-order valence-corrected chi connectivity index (χ2v) is 4.72. The minimum absolute atomic E-state index is 0.0413. The zero-order valence-electron chi connectivity index (χ0n) is 12.3. The first kappa shape index (κ1) is 16.8. The molecule has 0 unspecified atom stereocenters. The fraction of sp³-hybridized carbons (Fsp3) is 0.0625. The molecule has 2 rings (SSSR count). The summed E-state index contributed by atoms with van der Waals surface area (Å²) in [4.78, 5) is 31.8. The number of carbonyl (C=O) groups excluding carboxylic acids is 1. The number of non-ortho nitro benzene ring substituents is 2. The molecular weight excluding hydrogens is 316 g/mol. The highest BCUT2D eigenvalue weighted by atomic mass is 16.6. The van der Waals surface area contributed by atoms with Crippen molar-refractivity contribution in [3.63, 3.8) is 0 Å². The van der Waals surface area contributed by atoms with Crippen molar-refractivity contribution < 1.29 is 19.4 Å². The number of rotatable bonds is 6. The van der Waals surface area contributed by atoms with Gasteiger partial charge in [-0.25, -0.2) is 4.79 Å². The van der Waals surface area contributed by atoms with Gasteiger partial charge < -0.3 is 4.74 Å². The van der Waals surface area contributed by atoms with Crippen molar-refractivity contribution in [1.29, 1.82) is 0 Å². The lowest BCUT2D eigenvalue weighted by molar-refractivity contribution is -0.385. The average Bonchev–Trinajstić information content (AvgIpc) is 2.58. The lowest BCUT2D eigenvalue weighted by Gasteiger charge is -2.02. The highest BCUT2D eigenvalue weighted by Crippen LogP contribution is 2.15. The van der Waals surface area contributed by atoms with Crippen LogP contribution in [0, 0.1) is 20.2 Å². The zero-order valence-corrected chi connectivity index (χ0v) is 12.3. The van der Waals surface area contributed by atoms with Crippen LogP contribution in [-0.4, -0.2) is 15.8 Å². The summed E-state index contributed by atoms with van der Waals surface area (Å²) >= 11 is 0. The minimum atomic E-state index is -0.625. The van der Waals surface area contributed by atoms with E-state index in [-0.39, 0.29) is 18.0 Å². The van der Waals surface area contributed by atoms with Crippen LogP contribution in [-0.2, 0) is 16.1 Å². The molecule has 8 heteroatoms. The highest BCUT2D eigenvalue weighted by Gasteiger charge is 2.07. The van der Waals surface area contributed by atoms with Crippen LogP contribution in [0.4, 0.5) is 11.4 Å². The predicted molar refractivity (Wildman–Crippen MR) is 85.0 cm³/mol. The van der Waals surface area contributed by atoms with Crippen LogP contribution >= 0.6 is 0 Å². The van der Waals surface area contributed by atoms with E-state index in [0.717, 1.165) is 0 Å². The summed E-state index contributed by atoms with van der Waals surface area (Å²) in [7, 11) is 0. The number of esters is 1. The molecule has 0 heterocycles. The van der Waals surface area contributed by atoms with Gasteiger partial charge in [-0.1, -0.05) is 12.1 Å². The second-order valence-electron chi connectivity index (χ2n) is 4.72. The molecule has 0 N–H and O–H groups in total. The molecule has 0 radical (unpaired) electrons. The third-order valence-corrected chi connectivity index (χ3v) is 3.02. The summed E-state index contributed by atoms with van der Waals surface area (Å²) in [6.45, 7) is -0.0921. The molecule has 2 aromatic carbocycles. The van der Waals surface area contributed by atoms with Crippen LogP contribution in [0.1, 0.15) is 11.1 Å². The summed E-state index contributed by atoms with van der Waals surface area (Å²) in [5.74, 6) is -0.625. The third kappa shape index (κ3) is 4.73. The molecule has 0 aliphatic heterocycles. The maximum absolute atomic E-state index is 11.6. The van der Waals surface area contributed by atoms with Crippen LogP contribution < -0.4 is 0 Å². The van der Waals surface area contributed by atoms with Gasteiger partial charge in [0.1, 0.15) is 6.61 Å². The Hall–Kier alpha value is -3.55. The molecule has 0 aliphatic carbocycles. The van der Waals surface area contributed by atoms with Gasteiger partial charge in [0, 0.05) is 30.3 Å². The van der Waals surface area contributed by atoms with Gasteiger partial charge in [-0.2, -0.15) is 0 Å². The van der Waals surface area contributed by atoms with Gasteiger partial charge in [-0.15, -0.1) is 0 Å². The summed E-state index contributed by atoms with van der Waals surface area (Å²) < 4.78 is 4.99. The van der Waals surface area contributed by atoms with Crippen molar-refractivity contribution in [3.8, 4) is 0 Å². The van der Waals surface area contributed by atoms with E-state index >= 15 is 0 Å². The minimum Gasteiger partial charge on any atom is -0.458 e. The predicted octanol–water partition coefficient (Wildman–Crippen LogP) is 3.26. The zero-order chi connectivity index (χ0) is 17.5. The van der Waals surface area contributed by atoms with Crippen molar-refractivity contribution in [2.24, 2.45) is 0 Å². The monoisotopic (exact) mass is 328 g/mol. The van der Waals surface area contributed by atoms with E-state index in [4.69, 9.17) is 4.74 Å². The van der Waals surface area contributed by atoms with Crippen LogP contribution in [0.2, 0.25) is 0 Å². The molecule has 0 spiro atoms. The first-order chi connectivity index (χ1) is 11.5. The summed E-state index contributed by atoms with van der Waals surface area (Å²) in [5.41, 5.74) is 0.986. The Bertz CT molecular complexity index is 798. The molecule has 8 nitrogen and oxygen atoms in total. The first-order valence-electron chi connectivity index (χ1n) is 6.78. The topological polar surface area (TPSA) is 113 Å². The lowest BCUT2D eigenvalue weighted by Crippen LogP contribution is -2.01. The Morgan fingerprint density at radius 1 is 1.00 bits per heavy atom. The summed E-state index contributed by atoms with van der Waals surface area (Å²) in [6.07, 6.45) is 2.64. The molecule has 0 saturated heterocycles. The number of nitro benzene ring substituents is 2. The Morgan fingerprint density at radius 2 is 1.67 bits per heavy atom. The molecule has 122 valence electrons. The summed E-state index contributed by atoms with van der Waals surface area (Å²) in [5, 5.41) is 21.2. The van der Waals surface area contributed by atoms with Crippen LogP contribution in [0.15, 0.2) is 54.6 Å². The molecule has 24 heavy (non-hydrogen) atoms. The quantitative estimate of drug-likeness (QED) is 0.348. The molecule has 2 aromatic rings. The molecule has 0 atom stereocenters. The first-order valence-corrected chi connectivity index (χ1v) is 6.78. The third-order valence-electron chi connectivity index (χ3n) is 3.02. The Morgan fingerprint density at radius 3 is 2.29 bits per heavy atom. The Labute approximate surface area is 136 Å². The lowest BCUT2D eigenvalue weighted by atomic mass is 10.2. The highest BCUT2D eigenvalue weighted by molar-refractivity contribution is 5.87. The van der Waals surface area contributed by atoms with E-state index in [9.17, 15) is 25.0 Å². The molecule has 0 amide bonds. The Kier molecular flexibility index (Phi) is 5.35. The van der Waals surface area contributed by atoms with Crippen molar-refractivity contribution in [2.45, 2.75) is 6.61 Å². The fourth-order valence-corrected chi connectivity index (χ4v) is 1.83. The van der Waals surface area contributed by atoms with E-state index < -0.39 is 15.8 Å². The molecule has 0 saturated carbocycles. The number of hydrogen-bond acceptors (Lipinski definition) is 6. The number of ether oxygens (including phenoxy) is 1. The molecule has 0 fully saturated rings. The number of carbonyl (C=O) groups is 1. The smallest absolute Gasteiger partial charge is 0.331 e. The number of nitro groups is 2. The van der Waals surface area contributed by atoms with Crippen molar-refractivity contribution in [3.05, 3.63) is 86.0 Å². The standard InChI is InChI=1S/C16H12N2O6/c19-16(9-6-12-4-7-14(8-5-12)17(20)21)24-11-13-2-1-3-15(10-13)18(22)23/h1-10H,11H2/b9-6+. The number of nitrogens with zero attached hydrogens (tertiary/aromatic N) is 2. The van der Waals surface area contributed by atoms with E-state index in [1.54, 1.807) is 6.07 Å². The van der Waals surface area contributed by atoms with Crippen molar-refractivity contribution in [2.75, 3.05) is 0 Å².